The second-order valence-corrected chi connectivity index (χ2v) is 5.87. The van der Waals surface area contributed by atoms with Crippen molar-refractivity contribution in [2.24, 2.45) is 0 Å². The molecule has 6 nitrogen and oxygen atoms in total. The van der Waals surface area contributed by atoms with Gasteiger partial charge in [0.05, 0.1) is 0 Å². The predicted octanol–water partition coefficient (Wildman–Crippen LogP) is 2.31. The van der Waals surface area contributed by atoms with Gasteiger partial charge in [0.25, 0.3) is 0 Å². The molecule has 0 amide bonds. The summed E-state index contributed by atoms with van der Waals surface area (Å²) in [6.07, 6.45) is 12.6. The molecule has 1 fully saturated rings. The minimum Gasteiger partial charge on any atom is -0.478 e. The number of carboxylic acids is 2. The largest absolute Gasteiger partial charge is 0.478 e. The van der Waals surface area contributed by atoms with Crippen molar-refractivity contribution in [1.82, 2.24) is 9.80 Å². The number of aliphatic carboxylic acids is 2. The van der Waals surface area contributed by atoms with E-state index < -0.39 is 11.9 Å². The fourth-order valence-corrected chi connectivity index (χ4v) is 2.61. The van der Waals surface area contributed by atoms with Crippen LogP contribution in [0.5, 0.6) is 0 Å². The Balaban J connectivity index is 0.000000333. The predicted molar refractivity (Wildman–Crippen MR) is 96.7 cm³/mol. The van der Waals surface area contributed by atoms with Gasteiger partial charge >= 0.3 is 11.9 Å². The zero-order chi connectivity index (χ0) is 18.7. The Bertz CT molecular complexity index is 595. The Hall–Kier alpha value is -2.52. The summed E-state index contributed by atoms with van der Waals surface area (Å²) in [6, 6.07) is 3.83. The van der Waals surface area contributed by atoms with E-state index in [9.17, 15) is 9.59 Å². The zero-order valence-electron chi connectivity index (χ0n) is 14.8. The third-order valence-corrected chi connectivity index (χ3v) is 3.79. The molecule has 2 aliphatic rings. The SMILES string of the molecule is CCCC#CN1C=C(C2CCCN2C)C=CC1.O=C(O)/C=C/C(=O)O. The van der Waals surface area contributed by atoms with Crippen LogP contribution in [-0.2, 0) is 9.59 Å². The van der Waals surface area contributed by atoms with Crippen LogP contribution in [0.4, 0.5) is 0 Å². The maximum atomic E-state index is 9.55. The van der Waals surface area contributed by atoms with E-state index in [1.807, 2.05) is 0 Å². The molecule has 0 aliphatic carbocycles. The first-order chi connectivity index (χ1) is 11.9. The minimum atomic E-state index is -1.26. The van der Waals surface area contributed by atoms with E-state index in [1.54, 1.807) is 0 Å². The summed E-state index contributed by atoms with van der Waals surface area (Å²) in [6.45, 7) is 4.31. The van der Waals surface area contributed by atoms with E-state index >= 15 is 0 Å². The van der Waals surface area contributed by atoms with E-state index in [4.69, 9.17) is 10.2 Å². The van der Waals surface area contributed by atoms with Gasteiger partial charge in [-0.3, -0.25) is 4.90 Å². The highest BCUT2D eigenvalue weighted by Crippen LogP contribution is 2.24. The standard InChI is InChI=1S/C15H22N2.C4H4O4/c1-3-4-5-11-17-12-6-8-14(13-17)15-9-7-10-16(15)2;5-3(6)1-2-4(7)8/h6,8,13,15H,3-4,7,9-10,12H2,1-2H3;1-2H,(H,5,6)(H,7,8)/b;2-1+. The highest BCUT2D eigenvalue weighted by atomic mass is 16.4. The lowest BCUT2D eigenvalue weighted by atomic mass is 10.0. The molecule has 0 bridgehead atoms. The minimum absolute atomic E-state index is 0.558. The maximum Gasteiger partial charge on any atom is 0.328 e. The first-order valence-electron chi connectivity index (χ1n) is 8.41. The summed E-state index contributed by atoms with van der Waals surface area (Å²) in [5, 5.41) is 15.6. The Morgan fingerprint density at radius 2 is 2.00 bits per heavy atom. The van der Waals surface area contributed by atoms with Crippen LogP contribution in [0.3, 0.4) is 0 Å². The number of likely N-dealkylation sites (N-methyl/N-ethyl adjacent to an activating group) is 1. The van der Waals surface area contributed by atoms with Crippen molar-refractivity contribution in [3.05, 3.63) is 36.1 Å². The second-order valence-electron chi connectivity index (χ2n) is 5.87. The summed E-state index contributed by atoms with van der Waals surface area (Å²) < 4.78 is 0. The van der Waals surface area contributed by atoms with Crippen molar-refractivity contribution in [3.63, 3.8) is 0 Å². The van der Waals surface area contributed by atoms with Crippen LogP contribution in [0.25, 0.3) is 0 Å². The average Bonchev–Trinajstić information content (AvgIpc) is 3.00. The van der Waals surface area contributed by atoms with E-state index in [-0.39, 0.29) is 0 Å². The molecule has 2 aliphatic heterocycles. The van der Waals surface area contributed by atoms with Gasteiger partial charge in [-0.15, -0.1) is 0 Å². The smallest absolute Gasteiger partial charge is 0.328 e. The lowest BCUT2D eigenvalue weighted by Gasteiger charge is -2.25. The molecule has 1 atom stereocenters. The van der Waals surface area contributed by atoms with E-state index in [0.717, 1.165) is 19.4 Å². The van der Waals surface area contributed by atoms with Gasteiger partial charge in [-0.1, -0.05) is 25.0 Å². The first-order valence-corrected chi connectivity index (χ1v) is 8.41. The third kappa shape index (κ3) is 8.23. The maximum absolute atomic E-state index is 9.55. The second kappa shape index (κ2) is 11.1. The number of hydrogen-bond donors (Lipinski definition) is 2. The Morgan fingerprint density at radius 3 is 2.52 bits per heavy atom. The molecule has 0 spiro atoms. The monoisotopic (exact) mass is 346 g/mol. The molecule has 136 valence electrons. The highest BCUT2D eigenvalue weighted by Gasteiger charge is 2.24. The number of likely N-dealkylation sites (tertiary alicyclic amines) is 1. The van der Waals surface area contributed by atoms with Gasteiger partial charge in [0, 0.05) is 43.4 Å². The van der Waals surface area contributed by atoms with Crippen LogP contribution < -0.4 is 0 Å². The molecule has 2 rings (SSSR count). The fourth-order valence-electron chi connectivity index (χ4n) is 2.61. The van der Waals surface area contributed by atoms with E-state index in [1.165, 1.54) is 25.0 Å². The molecule has 0 aromatic rings. The lowest BCUT2D eigenvalue weighted by molar-refractivity contribution is -0.134. The molecule has 1 saturated heterocycles. The fraction of sp³-hybridized carbons (Fsp3) is 0.474. The molecule has 0 saturated carbocycles. The summed E-state index contributed by atoms with van der Waals surface area (Å²) in [5.41, 5.74) is 1.42. The number of carbonyl (C=O) groups is 2. The van der Waals surface area contributed by atoms with Gasteiger partial charge in [0.15, 0.2) is 0 Å². The third-order valence-electron chi connectivity index (χ3n) is 3.79. The van der Waals surface area contributed by atoms with Crippen LogP contribution in [0.2, 0.25) is 0 Å². The van der Waals surface area contributed by atoms with Crippen molar-refractivity contribution in [3.8, 4) is 12.0 Å². The van der Waals surface area contributed by atoms with Crippen LogP contribution in [0.15, 0.2) is 36.1 Å². The molecule has 6 heteroatoms. The number of carboxylic acid groups (broad SMARTS) is 2. The van der Waals surface area contributed by atoms with Crippen molar-refractivity contribution >= 4 is 11.9 Å². The Morgan fingerprint density at radius 1 is 1.32 bits per heavy atom. The number of unbranched alkanes of at least 4 members (excludes halogenated alkanes) is 1. The zero-order valence-corrected chi connectivity index (χ0v) is 14.8. The summed E-state index contributed by atoms with van der Waals surface area (Å²) in [5.74, 6) is 0.697. The van der Waals surface area contributed by atoms with Crippen molar-refractivity contribution in [2.45, 2.75) is 38.6 Å². The molecule has 2 heterocycles. The number of nitrogens with zero attached hydrogens (tertiary/aromatic N) is 2. The van der Waals surface area contributed by atoms with Gasteiger partial charge < -0.3 is 15.1 Å². The molecule has 2 N–H and O–H groups in total. The van der Waals surface area contributed by atoms with Crippen LogP contribution in [0, 0.1) is 12.0 Å². The average molecular weight is 346 g/mol. The molecular formula is C19H26N2O4. The van der Waals surface area contributed by atoms with Gasteiger partial charge in [-0.05, 0) is 38.4 Å². The normalized spacial score (nSPS) is 19.7. The van der Waals surface area contributed by atoms with Crippen molar-refractivity contribution in [2.75, 3.05) is 20.1 Å². The van der Waals surface area contributed by atoms with Gasteiger partial charge in [0.2, 0.25) is 0 Å². The highest BCUT2D eigenvalue weighted by molar-refractivity contribution is 5.89. The van der Waals surface area contributed by atoms with Crippen molar-refractivity contribution < 1.29 is 19.8 Å². The van der Waals surface area contributed by atoms with Gasteiger partial charge in [0.1, 0.15) is 0 Å². The van der Waals surface area contributed by atoms with Crippen LogP contribution in [0.1, 0.15) is 32.6 Å². The first kappa shape index (κ1) is 20.5. The Kier molecular flexibility index (Phi) is 9.12. The number of rotatable bonds is 4. The van der Waals surface area contributed by atoms with Gasteiger partial charge in [-0.2, -0.15) is 0 Å². The molecule has 0 radical (unpaired) electrons. The molecule has 1 unspecified atom stereocenters. The molecule has 0 aromatic heterocycles. The molecular weight excluding hydrogens is 320 g/mol. The summed E-state index contributed by atoms with van der Waals surface area (Å²) in [4.78, 5) is 23.7. The number of hydrogen-bond acceptors (Lipinski definition) is 4. The van der Waals surface area contributed by atoms with Crippen LogP contribution in [-0.4, -0.2) is 58.1 Å². The van der Waals surface area contributed by atoms with E-state index in [2.05, 4.69) is 54.1 Å². The molecule has 0 aromatic carbocycles. The van der Waals surface area contributed by atoms with Crippen molar-refractivity contribution in [1.29, 1.82) is 0 Å². The summed E-state index contributed by atoms with van der Waals surface area (Å²) >= 11 is 0. The lowest BCUT2D eigenvalue weighted by Crippen LogP contribution is -2.28. The summed E-state index contributed by atoms with van der Waals surface area (Å²) in [7, 11) is 2.22. The van der Waals surface area contributed by atoms with Crippen LogP contribution >= 0.6 is 0 Å². The van der Waals surface area contributed by atoms with Gasteiger partial charge in [-0.25, -0.2) is 9.59 Å². The quantitative estimate of drug-likeness (QED) is 0.601. The Labute approximate surface area is 149 Å². The van der Waals surface area contributed by atoms with E-state index in [0.29, 0.717) is 18.2 Å². The topological polar surface area (TPSA) is 81.1 Å². The molecule has 25 heavy (non-hydrogen) atoms.